The van der Waals surface area contributed by atoms with Crippen molar-refractivity contribution in [3.8, 4) is 16.9 Å². The number of ether oxygens (including phenoxy) is 1. The number of carbonyl (C=O) groups excluding carboxylic acids is 2. The van der Waals surface area contributed by atoms with Crippen LogP contribution in [0.15, 0.2) is 42.6 Å². The number of hydrogen-bond acceptors (Lipinski definition) is 4. The number of rotatable bonds is 8. The van der Waals surface area contributed by atoms with Gasteiger partial charge in [-0.15, -0.1) is 0 Å². The molecule has 3 rings (SSSR count). The maximum absolute atomic E-state index is 13.9. The minimum Gasteiger partial charge on any atom is -0.428 e. The van der Waals surface area contributed by atoms with E-state index in [-0.39, 0.29) is 17.2 Å². The molecule has 1 atom stereocenters. The SMILES string of the molecule is Cn1cc(-c2cccc(C(N)=O)c2C(=O)Nc2ccc(F)cc2OC(F)(F)C(F)C(F)(F)F)c(C(F)F)n1. The number of amides is 2. The Hall–Kier alpha value is -4.24. The third-order valence-electron chi connectivity index (χ3n) is 4.93. The molecule has 0 aliphatic heterocycles. The smallest absolute Gasteiger partial charge is 0.428 e. The molecule has 0 spiro atoms. The predicted molar refractivity (Wildman–Crippen MR) is 113 cm³/mol. The van der Waals surface area contributed by atoms with E-state index in [0.717, 1.165) is 23.0 Å². The molecule has 0 saturated carbocycles. The fourth-order valence-electron chi connectivity index (χ4n) is 3.36. The van der Waals surface area contributed by atoms with Gasteiger partial charge in [0.25, 0.3) is 18.5 Å². The van der Waals surface area contributed by atoms with Crippen LogP contribution in [0.5, 0.6) is 5.75 Å². The Bertz CT molecular complexity index is 1370. The summed E-state index contributed by atoms with van der Waals surface area (Å²) in [6, 6.07) is 4.70. The number of nitrogens with two attached hydrogens (primary N) is 1. The maximum atomic E-state index is 13.9. The second-order valence-electron chi connectivity index (χ2n) is 7.66. The van der Waals surface area contributed by atoms with Crippen LogP contribution in [0, 0.1) is 5.82 Å². The number of aryl methyl sites for hydroxylation is 1. The number of carbonyl (C=O) groups is 2. The van der Waals surface area contributed by atoms with Crippen molar-refractivity contribution in [1.29, 1.82) is 0 Å². The second kappa shape index (κ2) is 10.3. The number of hydrogen-bond donors (Lipinski definition) is 2. The van der Waals surface area contributed by atoms with Gasteiger partial charge in [0.05, 0.1) is 16.8 Å². The fourth-order valence-corrected chi connectivity index (χ4v) is 3.36. The van der Waals surface area contributed by atoms with E-state index in [2.05, 4.69) is 9.84 Å². The number of halogens is 9. The van der Waals surface area contributed by atoms with Gasteiger partial charge in [-0.25, -0.2) is 17.6 Å². The van der Waals surface area contributed by atoms with Crippen LogP contribution in [0.1, 0.15) is 32.8 Å². The van der Waals surface area contributed by atoms with E-state index < -0.39 is 70.8 Å². The largest absolute Gasteiger partial charge is 0.439 e. The first-order chi connectivity index (χ1) is 17.5. The Balaban J connectivity index is 2.10. The number of nitrogens with zero attached hydrogens (tertiary/aromatic N) is 2. The highest BCUT2D eigenvalue weighted by atomic mass is 19.4. The summed E-state index contributed by atoms with van der Waals surface area (Å²) in [6.45, 7) is 0. The fraction of sp³-hybridized carbons (Fsp3) is 0.227. The Morgan fingerprint density at radius 3 is 2.29 bits per heavy atom. The molecule has 2 aromatic carbocycles. The zero-order valence-electron chi connectivity index (χ0n) is 18.8. The third kappa shape index (κ3) is 5.84. The molecular weight excluding hydrogens is 539 g/mol. The van der Waals surface area contributed by atoms with Crippen LogP contribution in [0.2, 0.25) is 0 Å². The summed E-state index contributed by atoms with van der Waals surface area (Å²) in [6.07, 6.45) is -18.5. The topological polar surface area (TPSA) is 99.2 Å². The van der Waals surface area contributed by atoms with E-state index in [1.165, 1.54) is 13.1 Å². The van der Waals surface area contributed by atoms with Gasteiger partial charge in [-0.05, 0) is 23.8 Å². The van der Waals surface area contributed by atoms with Crippen LogP contribution in [-0.4, -0.2) is 40.1 Å². The zero-order valence-corrected chi connectivity index (χ0v) is 18.8. The van der Waals surface area contributed by atoms with Crippen LogP contribution in [0.4, 0.5) is 45.2 Å². The average Bonchev–Trinajstić information content (AvgIpc) is 3.20. The first-order valence-electron chi connectivity index (χ1n) is 10.2. The van der Waals surface area contributed by atoms with Gasteiger partial charge < -0.3 is 15.8 Å². The number of nitrogens with one attached hydrogen (secondary N) is 1. The summed E-state index contributed by atoms with van der Waals surface area (Å²) in [5.41, 5.74) is 1.81. The first-order valence-corrected chi connectivity index (χ1v) is 10.2. The maximum Gasteiger partial charge on any atom is 0.439 e. The summed E-state index contributed by atoms with van der Waals surface area (Å²) < 4.78 is 124. The highest BCUT2D eigenvalue weighted by Gasteiger charge is 2.59. The highest BCUT2D eigenvalue weighted by molar-refractivity contribution is 6.16. The number of anilines is 1. The van der Waals surface area contributed by atoms with Gasteiger partial charge in [-0.1, -0.05) is 12.1 Å². The standard InChI is InChI=1S/C22H15F9N4O3/c1-35-8-12(16(34-35)17(24)25)10-3-2-4-11(18(32)36)15(10)19(37)33-13-6-5-9(23)7-14(13)38-22(30,31)20(26)21(27,28)29/h2-8,17,20H,1H3,(H2,32,36)(H,33,37). The van der Waals surface area contributed by atoms with E-state index in [1.54, 1.807) is 0 Å². The molecule has 0 fully saturated rings. The van der Waals surface area contributed by atoms with Gasteiger partial charge in [-0.2, -0.15) is 27.1 Å². The summed E-state index contributed by atoms with van der Waals surface area (Å²) in [7, 11) is 1.29. The van der Waals surface area contributed by atoms with Crippen LogP contribution < -0.4 is 15.8 Å². The molecule has 7 nitrogen and oxygen atoms in total. The Morgan fingerprint density at radius 2 is 1.71 bits per heavy atom. The van der Waals surface area contributed by atoms with Crippen LogP contribution in [0.25, 0.3) is 11.1 Å². The molecule has 0 aliphatic rings. The lowest BCUT2D eigenvalue weighted by Gasteiger charge is -2.24. The molecule has 38 heavy (non-hydrogen) atoms. The van der Waals surface area contributed by atoms with Crippen LogP contribution in [-0.2, 0) is 7.05 Å². The quantitative estimate of drug-likeness (QED) is 0.365. The molecule has 3 N–H and O–H groups in total. The van der Waals surface area contributed by atoms with E-state index >= 15 is 0 Å². The van der Waals surface area contributed by atoms with Gasteiger partial charge in [0.2, 0.25) is 5.91 Å². The second-order valence-corrected chi connectivity index (χ2v) is 7.66. The normalized spacial score (nSPS) is 12.9. The zero-order chi connectivity index (χ0) is 28.6. The van der Waals surface area contributed by atoms with Crippen LogP contribution >= 0.6 is 0 Å². The first kappa shape index (κ1) is 28.3. The Kier molecular flexibility index (Phi) is 7.65. The number of benzene rings is 2. The van der Waals surface area contributed by atoms with Gasteiger partial charge in [-0.3, -0.25) is 14.3 Å². The lowest BCUT2D eigenvalue weighted by atomic mass is 9.94. The average molecular weight is 554 g/mol. The molecule has 0 radical (unpaired) electrons. The van der Waals surface area contributed by atoms with Crippen molar-refractivity contribution < 1.29 is 53.8 Å². The van der Waals surface area contributed by atoms with Crippen molar-refractivity contribution in [2.45, 2.75) is 24.9 Å². The molecule has 2 amide bonds. The monoisotopic (exact) mass is 554 g/mol. The number of primary amides is 1. The van der Waals surface area contributed by atoms with Gasteiger partial charge >= 0.3 is 12.3 Å². The molecular formula is C22H15F9N4O3. The molecule has 16 heteroatoms. The van der Waals surface area contributed by atoms with Crippen molar-refractivity contribution in [3.05, 3.63) is 65.2 Å². The highest BCUT2D eigenvalue weighted by Crippen LogP contribution is 2.39. The van der Waals surface area contributed by atoms with Crippen molar-refractivity contribution in [2.24, 2.45) is 12.8 Å². The Labute approximate surface area is 207 Å². The third-order valence-corrected chi connectivity index (χ3v) is 4.93. The van der Waals surface area contributed by atoms with Crippen molar-refractivity contribution >= 4 is 17.5 Å². The molecule has 1 unspecified atom stereocenters. The van der Waals surface area contributed by atoms with Crippen molar-refractivity contribution in [3.63, 3.8) is 0 Å². The van der Waals surface area contributed by atoms with E-state index in [1.807, 2.05) is 5.32 Å². The molecule has 204 valence electrons. The minimum atomic E-state index is -6.05. The van der Waals surface area contributed by atoms with Gasteiger partial charge in [0, 0.05) is 24.9 Å². The predicted octanol–water partition coefficient (Wildman–Crippen LogP) is 5.39. The Morgan fingerprint density at radius 1 is 1.05 bits per heavy atom. The minimum absolute atomic E-state index is 0.142. The number of alkyl halides is 8. The van der Waals surface area contributed by atoms with Gasteiger partial charge in [0.1, 0.15) is 11.5 Å². The lowest BCUT2D eigenvalue weighted by Crippen LogP contribution is -2.45. The summed E-state index contributed by atoms with van der Waals surface area (Å²) in [5, 5.41) is 5.52. The van der Waals surface area contributed by atoms with E-state index in [4.69, 9.17) is 5.73 Å². The summed E-state index contributed by atoms with van der Waals surface area (Å²) in [5.74, 6) is -5.31. The van der Waals surface area contributed by atoms with Crippen molar-refractivity contribution in [1.82, 2.24) is 9.78 Å². The molecule has 0 saturated heterocycles. The van der Waals surface area contributed by atoms with Crippen molar-refractivity contribution in [2.75, 3.05) is 5.32 Å². The number of aromatic nitrogens is 2. The molecule has 1 heterocycles. The summed E-state index contributed by atoms with van der Waals surface area (Å²) >= 11 is 0. The summed E-state index contributed by atoms with van der Waals surface area (Å²) in [4.78, 5) is 25.2. The molecule has 0 bridgehead atoms. The molecule has 0 aliphatic carbocycles. The van der Waals surface area contributed by atoms with E-state index in [0.29, 0.717) is 12.1 Å². The molecule has 1 aromatic heterocycles. The van der Waals surface area contributed by atoms with E-state index in [9.17, 15) is 49.1 Å². The molecule has 3 aromatic rings. The van der Waals surface area contributed by atoms with Gasteiger partial charge in [0.15, 0.2) is 5.75 Å². The van der Waals surface area contributed by atoms with Crippen LogP contribution in [0.3, 0.4) is 0 Å². The lowest BCUT2D eigenvalue weighted by molar-refractivity contribution is -0.304.